The van der Waals surface area contributed by atoms with Gasteiger partial charge in [-0.2, -0.15) is 0 Å². The zero-order valence-electron chi connectivity index (χ0n) is 12.5. The maximum Gasteiger partial charge on any atom is 0.157 e. The highest BCUT2D eigenvalue weighted by atomic mass is 15.0. The lowest BCUT2D eigenvalue weighted by atomic mass is 10.1. The van der Waals surface area contributed by atoms with Crippen molar-refractivity contribution in [3.8, 4) is 34.0 Å². The zero-order chi connectivity index (χ0) is 15.5. The molecule has 0 amide bonds. The number of H-pyrrole nitrogens is 1. The van der Waals surface area contributed by atoms with Crippen LogP contribution in [-0.4, -0.2) is 15.0 Å². The van der Waals surface area contributed by atoms with Gasteiger partial charge in [-0.3, -0.25) is 4.98 Å². The number of imidazole rings is 1. The molecule has 0 aliphatic rings. The largest absolute Gasteiger partial charge is 0.336 e. The van der Waals surface area contributed by atoms with Crippen LogP contribution in [0.1, 0.15) is 0 Å². The molecule has 3 nitrogen and oxygen atoms in total. The van der Waals surface area contributed by atoms with E-state index >= 15 is 0 Å². The summed E-state index contributed by atoms with van der Waals surface area (Å²) in [7, 11) is 0. The molecule has 0 radical (unpaired) electrons. The Morgan fingerprint density at radius 1 is 0.652 bits per heavy atom. The molecule has 0 bridgehead atoms. The summed E-state index contributed by atoms with van der Waals surface area (Å²) in [4.78, 5) is 12.6. The smallest absolute Gasteiger partial charge is 0.157 e. The van der Waals surface area contributed by atoms with Crippen molar-refractivity contribution in [1.29, 1.82) is 0 Å². The van der Waals surface area contributed by atoms with Crippen LogP contribution in [0.5, 0.6) is 0 Å². The van der Waals surface area contributed by atoms with Crippen LogP contribution in [0.2, 0.25) is 0 Å². The maximum atomic E-state index is 4.81. The molecule has 0 aliphatic carbocycles. The maximum absolute atomic E-state index is 4.81. The predicted octanol–water partition coefficient (Wildman–Crippen LogP) is 4.81. The minimum Gasteiger partial charge on any atom is -0.336 e. The second-order valence-corrected chi connectivity index (χ2v) is 5.26. The molecule has 4 aromatic rings. The van der Waals surface area contributed by atoms with Crippen LogP contribution in [0.4, 0.5) is 0 Å². The highest BCUT2D eigenvalue weighted by molar-refractivity contribution is 5.80. The summed E-state index contributed by atoms with van der Waals surface area (Å²) in [6.45, 7) is 0. The Hall–Kier alpha value is -3.20. The van der Waals surface area contributed by atoms with Gasteiger partial charge in [0.15, 0.2) is 5.82 Å². The van der Waals surface area contributed by atoms with Gasteiger partial charge >= 0.3 is 0 Å². The fourth-order valence-corrected chi connectivity index (χ4v) is 2.62. The van der Waals surface area contributed by atoms with E-state index in [0.717, 1.165) is 34.0 Å². The van der Waals surface area contributed by atoms with E-state index in [1.807, 2.05) is 54.6 Å². The molecule has 0 unspecified atom stereocenters. The van der Waals surface area contributed by atoms with E-state index in [2.05, 4.69) is 34.2 Å². The zero-order valence-corrected chi connectivity index (χ0v) is 12.5. The molecule has 1 N–H and O–H groups in total. The Bertz CT molecular complexity index is 841. The fourth-order valence-electron chi connectivity index (χ4n) is 2.62. The van der Waals surface area contributed by atoms with Crippen LogP contribution >= 0.6 is 0 Å². The number of hydrogen-bond acceptors (Lipinski definition) is 2. The van der Waals surface area contributed by atoms with Gasteiger partial charge in [0.1, 0.15) is 5.69 Å². The average molecular weight is 297 g/mol. The molecule has 0 saturated carbocycles. The summed E-state index contributed by atoms with van der Waals surface area (Å²) in [6, 6.07) is 26.3. The fraction of sp³-hybridized carbons (Fsp3) is 0. The van der Waals surface area contributed by atoms with Gasteiger partial charge in [-0.1, -0.05) is 66.7 Å². The Morgan fingerprint density at radius 2 is 1.30 bits per heavy atom. The van der Waals surface area contributed by atoms with Crippen molar-refractivity contribution in [3.05, 3.63) is 85.1 Å². The van der Waals surface area contributed by atoms with Crippen molar-refractivity contribution in [2.75, 3.05) is 0 Å². The van der Waals surface area contributed by atoms with E-state index in [1.54, 1.807) is 6.20 Å². The Kier molecular flexibility index (Phi) is 3.45. The first-order valence-electron chi connectivity index (χ1n) is 7.54. The normalized spacial score (nSPS) is 10.6. The molecule has 4 rings (SSSR count). The van der Waals surface area contributed by atoms with Gasteiger partial charge < -0.3 is 4.98 Å². The van der Waals surface area contributed by atoms with E-state index in [1.165, 1.54) is 0 Å². The van der Waals surface area contributed by atoms with E-state index in [9.17, 15) is 0 Å². The first-order chi connectivity index (χ1) is 11.4. The van der Waals surface area contributed by atoms with Crippen molar-refractivity contribution < 1.29 is 0 Å². The molecule has 23 heavy (non-hydrogen) atoms. The van der Waals surface area contributed by atoms with Gasteiger partial charge in [-0.05, 0) is 12.1 Å². The summed E-state index contributed by atoms with van der Waals surface area (Å²) in [5.41, 5.74) is 4.99. The molecular formula is C20H15N3. The lowest BCUT2D eigenvalue weighted by Gasteiger charge is -2.02. The molecule has 0 fully saturated rings. The number of aromatic amines is 1. The second kappa shape index (κ2) is 5.89. The highest BCUT2D eigenvalue weighted by Crippen LogP contribution is 2.32. The quantitative estimate of drug-likeness (QED) is 0.590. The molecule has 3 heteroatoms. The lowest BCUT2D eigenvalue weighted by Crippen LogP contribution is -1.84. The van der Waals surface area contributed by atoms with Gasteiger partial charge in [0.05, 0.1) is 11.4 Å². The Labute approximate surface area is 134 Å². The van der Waals surface area contributed by atoms with E-state index in [-0.39, 0.29) is 0 Å². The number of pyridine rings is 1. The van der Waals surface area contributed by atoms with Gasteiger partial charge in [0.2, 0.25) is 0 Å². The van der Waals surface area contributed by atoms with E-state index < -0.39 is 0 Å². The minimum atomic E-state index is 0.781. The Balaban J connectivity index is 1.91. The molecule has 2 aromatic heterocycles. The summed E-state index contributed by atoms with van der Waals surface area (Å²) >= 11 is 0. The average Bonchev–Trinajstić information content (AvgIpc) is 3.09. The first-order valence-corrected chi connectivity index (χ1v) is 7.54. The van der Waals surface area contributed by atoms with Gasteiger partial charge in [-0.25, -0.2) is 4.98 Å². The molecule has 0 atom stereocenters. The number of nitrogens with zero attached hydrogens (tertiary/aromatic N) is 2. The number of benzene rings is 2. The third-order valence-corrected chi connectivity index (χ3v) is 3.72. The molecule has 110 valence electrons. The third kappa shape index (κ3) is 2.64. The first kappa shape index (κ1) is 13.5. The standard InChI is InChI=1S/C20H15N3/c1-3-9-15(10-4-1)18-19(16-11-5-2-6-12-16)23-20(22-18)17-13-7-8-14-21-17/h1-14H,(H,22,23). The van der Waals surface area contributed by atoms with Crippen molar-refractivity contribution in [3.63, 3.8) is 0 Å². The van der Waals surface area contributed by atoms with Crippen molar-refractivity contribution in [2.45, 2.75) is 0 Å². The second-order valence-electron chi connectivity index (χ2n) is 5.26. The molecular weight excluding hydrogens is 282 g/mol. The molecule has 0 saturated heterocycles. The van der Waals surface area contributed by atoms with E-state index in [4.69, 9.17) is 4.98 Å². The van der Waals surface area contributed by atoms with Crippen LogP contribution in [0.3, 0.4) is 0 Å². The number of rotatable bonds is 3. The number of aromatic nitrogens is 3. The SMILES string of the molecule is c1ccc(-c2nc(-c3ccccn3)[nH]c2-c2ccccc2)cc1. The minimum absolute atomic E-state index is 0.781. The van der Waals surface area contributed by atoms with Crippen molar-refractivity contribution in [2.24, 2.45) is 0 Å². The van der Waals surface area contributed by atoms with Gasteiger partial charge in [-0.15, -0.1) is 0 Å². The lowest BCUT2D eigenvalue weighted by molar-refractivity contribution is 1.22. The summed E-state index contributed by atoms with van der Waals surface area (Å²) in [6.07, 6.45) is 1.78. The summed E-state index contributed by atoms with van der Waals surface area (Å²) < 4.78 is 0. The molecule has 2 heterocycles. The monoisotopic (exact) mass is 297 g/mol. The molecule has 0 aliphatic heterocycles. The van der Waals surface area contributed by atoms with Crippen LogP contribution in [-0.2, 0) is 0 Å². The van der Waals surface area contributed by atoms with Crippen LogP contribution in [0, 0.1) is 0 Å². The van der Waals surface area contributed by atoms with Crippen LogP contribution in [0.25, 0.3) is 34.0 Å². The summed E-state index contributed by atoms with van der Waals surface area (Å²) in [5.74, 6) is 0.781. The number of nitrogens with one attached hydrogen (secondary N) is 1. The van der Waals surface area contributed by atoms with Gasteiger partial charge in [0, 0.05) is 17.3 Å². The highest BCUT2D eigenvalue weighted by Gasteiger charge is 2.15. The third-order valence-electron chi connectivity index (χ3n) is 3.72. The van der Waals surface area contributed by atoms with Crippen LogP contribution in [0.15, 0.2) is 85.1 Å². The van der Waals surface area contributed by atoms with Crippen molar-refractivity contribution in [1.82, 2.24) is 15.0 Å². The van der Waals surface area contributed by atoms with Gasteiger partial charge in [0.25, 0.3) is 0 Å². The number of hydrogen-bond donors (Lipinski definition) is 1. The van der Waals surface area contributed by atoms with Crippen LogP contribution < -0.4 is 0 Å². The molecule has 2 aromatic carbocycles. The Morgan fingerprint density at radius 3 is 1.96 bits per heavy atom. The topological polar surface area (TPSA) is 41.6 Å². The summed E-state index contributed by atoms with van der Waals surface area (Å²) in [5, 5.41) is 0. The molecule has 0 spiro atoms. The predicted molar refractivity (Wildman–Crippen MR) is 92.7 cm³/mol. The van der Waals surface area contributed by atoms with Crippen molar-refractivity contribution >= 4 is 0 Å². The van der Waals surface area contributed by atoms with E-state index in [0.29, 0.717) is 0 Å².